The van der Waals surface area contributed by atoms with Crippen molar-refractivity contribution >= 4 is 22.0 Å². The van der Waals surface area contributed by atoms with E-state index in [9.17, 15) is 4.79 Å². The second-order valence-electron chi connectivity index (χ2n) is 6.39. The van der Waals surface area contributed by atoms with Gasteiger partial charge in [-0.05, 0) is 33.3 Å². The molecular weight excluding hydrogens is 370 g/mol. The molecule has 0 saturated carbocycles. The number of alkyl carbamates (subject to hydrolysis) is 1. The molecule has 2 rings (SSSR count). The normalized spacial score (nSPS) is 12.5. The number of benzene rings is 1. The van der Waals surface area contributed by atoms with Crippen molar-refractivity contribution in [1.29, 1.82) is 0 Å². The number of hydrogen-bond donors (Lipinski definition) is 2. The van der Waals surface area contributed by atoms with E-state index in [1.54, 1.807) is 12.3 Å². The minimum absolute atomic E-state index is 0.325. The molecule has 0 bridgehead atoms. The van der Waals surface area contributed by atoms with Crippen molar-refractivity contribution in [3.05, 3.63) is 53.4 Å². The monoisotopic (exact) mass is 391 g/mol. The lowest BCUT2D eigenvalue weighted by Gasteiger charge is -2.22. The summed E-state index contributed by atoms with van der Waals surface area (Å²) in [4.78, 5) is 19.7. The fourth-order valence-electron chi connectivity index (χ4n) is 2.19. The lowest BCUT2D eigenvalue weighted by molar-refractivity contribution is 0.0502. The number of rotatable bonds is 5. The molecule has 1 aromatic heterocycles. The standard InChI is InChI=1S/C18H22BrN3O2/c1-5-8-14(22-17(23)24-18(2,3)4)16-20-11-15(21-16)12-9-6-7-10-13(12)19/h5-7,9-11,14H,1,8H2,2-4H3,(H,20,21)(H,22,23). The van der Waals surface area contributed by atoms with Crippen LogP contribution >= 0.6 is 15.9 Å². The molecule has 1 amide bonds. The number of carbonyl (C=O) groups is 1. The van der Waals surface area contributed by atoms with Crippen molar-refractivity contribution in [2.24, 2.45) is 0 Å². The molecule has 0 aliphatic heterocycles. The van der Waals surface area contributed by atoms with E-state index in [1.165, 1.54) is 0 Å². The highest BCUT2D eigenvalue weighted by Crippen LogP contribution is 2.27. The largest absolute Gasteiger partial charge is 0.444 e. The van der Waals surface area contributed by atoms with Crippen molar-refractivity contribution < 1.29 is 9.53 Å². The summed E-state index contributed by atoms with van der Waals surface area (Å²) in [7, 11) is 0. The number of nitrogens with zero attached hydrogens (tertiary/aromatic N) is 1. The lowest BCUT2D eigenvalue weighted by Crippen LogP contribution is -2.35. The quantitative estimate of drug-likeness (QED) is 0.706. The van der Waals surface area contributed by atoms with Gasteiger partial charge in [0.1, 0.15) is 11.4 Å². The van der Waals surface area contributed by atoms with Crippen LogP contribution < -0.4 is 5.32 Å². The van der Waals surface area contributed by atoms with E-state index in [4.69, 9.17) is 4.74 Å². The molecule has 128 valence electrons. The van der Waals surface area contributed by atoms with Gasteiger partial charge in [-0.15, -0.1) is 6.58 Å². The van der Waals surface area contributed by atoms with Gasteiger partial charge in [0, 0.05) is 10.0 Å². The molecule has 0 fully saturated rings. The summed E-state index contributed by atoms with van der Waals surface area (Å²) in [6.45, 7) is 9.22. The molecule has 5 nitrogen and oxygen atoms in total. The van der Waals surface area contributed by atoms with E-state index in [-0.39, 0.29) is 6.04 Å². The Labute approximate surface area is 150 Å². The highest BCUT2D eigenvalue weighted by Gasteiger charge is 2.22. The van der Waals surface area contributed by atoms with Crippen LogP contribution in [0, 0.1) is 0 Å². The first-order valence-corrected chi connectivity index (χ1v) is 8.49. The Morgan fingerprint density at radius 2 is 2.17 bits per heavy atom. The zero-order valence-electron chi connectivity index (χ0n) is 14.1. The number of imidazole rings is 1. The van der Waals surface area contributed by atoms with Crippen molar-refractivity contribution in [1.82, 2.24) is 15.3 Å². The Morgan fingerprint density at radius 1 is 1.46 bits per heavy atom. The van der Waals surface area contributed by atoms with E-state index in [2.05, 4.69) is 37.8 Å². The highest BCUT2D eigenvalue weighted by molar-refractivity contribution is 9.10. The smallest absolute Gasteiger partial charge is 0.408 e. The molecule has 0 aliphatic rings. The summed E-state index contributed by atoms with van der Waals surface area (Å²) in [5.41, 5.74) is 1.33. The molecule has 1 unspecified atom stereocenters. The molecule has 0 spiro atoms. The summed E-state index contributed by atoms with van der Waals surface area (Å²) >= 11 is 3.53. The lowest BCUT2D eigenvalue weighted by atomic mass is 10.2. The van der Waals surface area contributed by atoms with Crippen LogP contribution in [-0.4, -0.2) is 21.7 Å². The van der Waals surface area contributed by atoms with Crippen LogP contribution in [0.1, 0.15) is 39.1 Å². The van der Waals surface area contributed by atoms with Gasteiger partial charge in [0.05, 0.1) is 17.9 Å². The summed E-state index contributed by atoms with van der Waals surface area (Å²) in [6.07, 6.45) is 3.56. The number of aromatic amines is 1. The topological polar surface area (TPSA) is 67.0 Å². The minimum atomic E-state index is -0.550. The zero-order valence-corrected chi connectivity index (χ0v) is 15.7. The van der Waals surface area contributed by atoms with Crippen LogP contribution in [0.2, 0.25) is 0 Å². The molecule has 0 aliphatic carbocycles. The van der Waals surface area contributed by atoms with E-state index >= 15 is 0 Å². The van der Waals surface area contributed by atoms with Gasteiger partial charge in [-0.2, -0.15) is 0 Å². The molecule has 2 aromatic rings. The average molecular weight is 392 g/mol. The van der Waals surface area contributed by atoms with Gasteiger partial charge in [-0.25, -0.2) is 9.78 Å². The number of aromatic nitrogens is 2. The van der Waals surface area contributed by atoms with E-state index in [0.29, 0.717) is 12.2 Å². The Bertz CT molecular complexity index is 719. The Hall–Kier alpha value is -2.08. The van der Waals surface area contributed by atoms with Crippen LogP contribution in [0.3, 0.4) is 0 Å². The molecule has 6 heteroatoms. The van der Waals surface area contributed by atoms with Gasteiger partial charge in [0.2, 0.25) is 0 Å². The number of carbonyl (C=O) groups excluding carboxylic acids is 1. The summed E-state index contributed by atoms with van der Waals surface area (Å²) in [5, 5.41) is 2.83. The van der Waals surface area contributed by atoms with Gasteiger partial charge in [-0.3, -0.25) is 0 Å². The Kier molecular flexibility index (Phi) is 5.83. The SMILES string of the molecule is C=CCC(NC(=O)OC(C)(C)C)c1ncc(-c2ccccc2Br)[nH]1. The van der Waals surface area contributed by atoms with Gasteiger partial charge in [-0.1, -0.05) is 40.2 Å². The molecule has 1 aromatic carbocycles. The third-order valence-corrected chi connectivity index (χ3v) is 3.87. The van der Waals surface area contributed by atoms with E-state index < -0.39 is 11.7 Å². The molecule has 24 heavy (non-hydrogen) atoms. The van der Waals surface area contributed by atoms with Crippen molar-refractivity contribution in [3.8, 4) is 11.3 Å². The van der Waals surface area contributed by atoms with Crippen molar-refractivity contribution in [2.45, 2.75) is 38.8 Å². The summed E-state index contributed by atoms with van der Waals surface area (Å²) in [6, 6.07) is 7.55. The number of halogens is 1. The van der Waals surface area contributed by atoms with Crippen LogP contribution in [0.15, 0.2) is 47.6 Å². The first-order chi connectivity index (χ1) is 11.3. The molecule has 1 heterocycles. The average Bonchev–Trinajstić information content (AvgIpc) is 2.95. The van der Waals surface area contributed by atoms with Crippen molar-refractivity contribution in [2.75, 3.05) is 0 Å². The van der Waals surface area contributed by atoms with Crippen molar-refractivity contribution in [3.63, 3.8) is 0 Å². The maximum atomic E-state index is 12.0. The van der Waals surface area contributed by atoms with Gasteiger partial charge < -0.3 is 15.0 Å². The number of nitrogens with one attached hydrogen (secondary N) is 2. The maximum Gasteiger partial charge on any atom is 0.408 e. The van der Waals surface area contributed by atoms with E-state index in [1.807, 2.05) is 45.0 Å². The molecule has 1 atom stereocenters. The fourth-order valence-corrected chi connectivity index (χ4v) is 2.68. The third-order valence-electron chi connectivity index (χ3n) is 3.18. The van der Waals surface area contributed by atoms with Gasteiger partial charge in [0.25, 0.3) is 0 Å². The third kappa shape index (κ3) is 4.96. The van der Waals surface area contributed by atoms with Gasteiger partial charge in [0.15, 0.2) is 0 Å². The van der Waals surface area contributed by atoms with Crippen LogP contribution in [-0.2, 0) is 4.74 Å². The Morgan fingerprint density at radius 3 is 2.79 bits per heavy atom. The molecule has 0 radical (unpaired) electrons. The van der Waals surface area contributed by atoms with Crippen LogP contribution in [0.4, 0.5) is 4.79 Å². The number of H-pyrrole nitrogens is 1. The minimum Gasteiger partial charge on any atom is -0.444 e. The number of hydrogen-bond acceptors (Lipinski definition) is 3. The zero-order chi connectivity index (χ0) is 17.7. The second kappa shape index (κ2) is 7.66. The first kappa shape index (κ1) is 18.3. The van der Waals surface area contributed by atoms with Gasteiger partial charge >= 0.3 is 6.09 Å². The molecule has 2 N–H and O–H groups in total. The number of ether oxygens (including phenoxy) is 1. The van der Waals surface area contributed by atoms with E-state index in [0.717, 1.165) is 15.7 Å². The first-order valence-electron chi connectivity index (χ1n) is 7.70. The second-order valence-corrected chi connectivity index (χ2v) is 7.24. The van der Waals surface area contributed by atoms with Crippen LogP contribution in [0.25, 0.3) is 11.3 Å². The summed E-state index contributed by atoms with van der Waals surface area (Å²) in [5.74, 6) is 0.659. The number of amides is 1. The highest BCUT2D eigenvalue weighted by atomic mass is 79.9. The fraction of sp³-hybridized carbons (Fsp3) is 0.333. The maximum absolute atomic E-state index is 12.0. The molecule has 0 saturated heterocycles. The predicted molar refractivity (Wildman–Crippen MR) is 98.6 cm³/mol. The Balaban J connectivity index is 2.19. The van der Waals surface area contributed by atoms with Crippen LogP contribution in [0.5, 0.6) is 0 Å². The summed E-state index contributed by atoms with van der Waals surface area (Å²) < 4.78 is 6.29. The predicted octanol–water partition coefficient (Wildman–Crippen LogP) is 4.98. The molecular formula is C18H22BrN3O2.